The van der Waals surface area contributed by atoms with Crippen LogP contribution in [0.25, 0.3) is 0 Å². The molecule has 1 saturated carbocycles. The molecule has 1 amide bonds. The highest BCUT2D eigenvalue weighted by molar-refractivity contribution is 5.73. The molecule has 0 bridgehead atoms. The van der Waals surface area contributed by atoms with Gasteiger partial charge in [-0.1, -0.05) is 38.8 Å². The first-order valence-electron chi connectivity index (χ1n) is 12.2. The van der Waals surface area contributed by atoms with E-state index in [0.29, 0.717) is 31.2 Å². The molecule has 1 aliphatic rings. The predicted molar refractivity (Wildman–Crippen MR) is 129 cm³/mol. The summed E-state index contributed by atoms with van der Waals surface area (Å²) in [7, 11) is 4.05. The van der Waals surface area contributed by atoms with E-state index in [1.165, 1.54) is 0 Å². The molecule has 0 aliphatic heterocycles. The minimum Gasteiger partial charge on any atom is -0.450 e. The standard InChI is InChI=1S/C26H42N2O5/c1-6-32-25(30)27-17-20(14-19(2)3)15-24(29)33-23-12-9-11-21(16-23)26(31)13-8-7-10-22(26)18-28(4)5/h9,11-12,16,19-20,22,31H,6-8,10,13-15,17-18H2,1-5H3,(H,27,30)/t20?,22-,26+/m0/s1. The molecule has 1 fully saturated rings. The summed E-state index contributed by atoms with van der Waals surface area (Å²) in [5, 5.41) is 14.3. The second-order valence-corrected chi connectivity index (χ2v) is 9.93. The van der Waals surface area contributed by atoms with Crippen LogP contribution in [0.5, 0.6) is 5.75 Å². The van der Waals surface area contributed by atoms with E-state index in [9.17, 15) is 14.7 Å². The normalized spacial score (nSPS) is 21.6. The van der Waals surface area contributed by atoms with E-state index in [0.717, 1.165) is 37.8 Å². The summed E-state index contributed by atoms with van der Waals surface area (Å²) in [6.07, 6.45) is 4.29. The number of amides is 1. The zero-order chi connectivity index (χ0) is 24.4. The quantitative estimate of drug-likeness (QED) is 0.376. The number of hydrogen-bond acceptors (Lipinski definition) is 6. The number of carbonyl (C=O) groups is 2. The lowest BCUT2D eigenvalue weighted by Crippen LogP contribution is -2.43. The fourth-order valence-corrected chi connectivity index (χ4v) is 4.84. The number of esters is 1. The Bertz CT molecular complexity index is 767. The SMILES string of the molecule is CCOC(=O)NCC(CC(=O)Oc1cccc([C@]2(O)CCCC[C@H]2CN(C)C)c1)CC(C)C. The van der Waals surface area contributed by atoms with Crippen LogP contribution in [0.2, 0.25) is 0 Å². The topological polar surface area (TPSA) is 88.1 Å². The van der Waals surface area contributed by atoms with Gasteiger partial charge in [-0.3, -0.25) is 4.79 Å². The molecular weight excluding hydrogens is 420 g/mol. The summed E-state index contributed by atoms with van der Waals surface area (Å²) in [6, 6.07) is 7.32. The third kappa shape index (κ3) is 8.63. The summed E-state index contributed by atoms with van der Waals surface area (Å²) in [5.74, 6) is 0.573. The van der Waals surface area contributed by atoms with Crippen LogP contribution in [-0.4, -0.2) is 55.9 Å². The molecule has 1 aromatic carbocycles. The Morgan fingerprint density at radius 3 is 2.70 bits per heavy atom. The van der Waals surface area contributed by atoms with Crippen molar-refractivity contribution in [3.8, 4) is 5.75 Å². The van der Waals surface area contributed by atoms with Crippen molar-refractivity contribution in [1.29, 1.82) is 0 Å². The molecule has 33 heavy (non-hydrogen) atoms. The van der Waals surface area contributed by atoms with Gasteiger partial charge in [-0.05, 0) is 69.8 Å². The first-order chi connectivity index (χ1) is 15.6. The molecule has 1 aromatic rings. The summed E-state index contributed by atoms with van der Waals surface area (Å²) < 4.78 is 10.6. The van der Waals surface area contributed by atoms with Crippen molar-refractivity contribution < 1.29 is 24.2 Å². The minimum absolute atomic E-state index is 0.0444. The Morgan fingerprint density at radius 2 is 2.03 bits per heavy atom. The minimum atomic E-state index is -0.922. The van der Waals surface area contributed by atoms with Gasteiger partial charge >= 0.3 is 12.1 Å². The number of benzene rings is 1. The maximum atomic E-state index is 12.7. The van der Waals surface area contributed by atoms with Crippen molar-refractivity contribution >= 4 is 12.1 Å². The highest BCUT2D eigenvalue weighted by Crippen LogP contribution is 2.42. The molecule has 3 atom stereocenters. The Hall–Kier alpha value is -2.12. The fraction of sp³-hybridized carbons (Fsp3) is 0.692. The summed E-state index contributed by atoms with van der Waals surface area (Å²) in [4.78, 5) is 26.5. The van der Waals surface area contributed by atoms with Gasteiger partial charge in [0.05, 0.1) is 18.6 Å². The lowest BCUT2D eigenvalue weighted by Gasteiger charge is -2.41. The monoisotopic (exact) mass is 462 g/mol. The Morgan fingerprint density at radius 1 is 1.27 bits per heavy atom. The molecule has 1 unspecified atom stereocenters. The van der Waals surface area contributed by atoms with E-state index in [4.69, 9.17) is 9.47 Å². The molecular formula is C26H42N2O5. The van der Waals surface area contributed by atoms with E-state index in [1.54, 1.807) is 19.1 Å². The van der Waals surface area contributed by atoms with Gasteiger partial charge in [-0.15, -0.1) is 0 Å². The molecule has 0 radical (unpaired) electrons. The highest BCUT2D eigenvalue weighted by atomic mass is 16.5. The number of alkyl carbamates (subject to hydrolysis) is 1. The molecule has 0 aromatic heterocycles. The number of nitrogens with zero attached hydrogens (tertiary/aromatic N) is 1. The maximum Gasteiger partial charge on any atom is 0.407 e. The van der Waals surface area contributed by atoms with Gasteiger partial charge in [0.2, 0.25) is 0 Å². The second kappa shape index (κ2) is 12.9. The van der Waals surface area contributed by atoms with Gasteiger partial charge in [-0.25, -0.2) is 4.79 Å². The van der Waals surface area contributed by atoms with Gasteiger partial charge in [0.15, 0.2) is 0 Å². The molecule has 0 saturated heterocycles. The number of aliphatic hydroxyl groups is 1. The lowest BCUT2D eigenvalue weighted by molar-refractivity contribution is -0.135. The Kier molecular flexibility index (Phi) is 10.6. The van der Waals surface area contributed by atoms with Crippen LogP contribution in [0.3, 0.4) is 0 Å². The lowest BCUT2D eigenvalue weighted by atomic mass is 9.71. The van der Waals surface area contributed by atoms with Gasteiger partial charge < -0.3 is 24.8 Å². The second-order valence-electron chi connectivity index (χ2n) is 9.93. The summed E-state index contributed by atoms with van der Waals surface area (Å²) in [5.41, 5.74) is -0.114. The largest absolute Gasteiger partial charge is 0.450 e. The molecule has 1 aliphatic carbocycles. The predicted octanol–water partition coefficient (Wildman–Crippen LogP) is 4.33. The van der Waals surface area contributed by atoms with Crippen molar-refractivity contribution in [2.24, 2.45) is 17.8 Å². The smallest absolute Gasteiger partial charge is 0.407 e. The maximum absolute atomic E-state index is 12.7. The number of hydrogen-bond donors (Lipinski definition) is 2. The number of carbonyl (C=O) groups excluding carboxylic acids is 2. The third-order valence-electron chi connectivity index (χ3n) is 6.26. The Labute approximate surface area is 198 Å². The number of rotatable bonds is 11. The molecule has 186 valence electrons. The number of ether oxygens (including phenoxy) is 2. The van der Waals surface area contributed by atoms with E-state index < -0.39 is 11.7 Å². The molecule has 7 heteroatoms. The summed E-state index contributed by atoms with van der Waals surface area (Å²) in [6.45, 7) is 7.40. The van der Waals surface area contributed by atoms with Crippen molar-refractivity contribution in [3.05, 3.63) is 29.8 Å². The van der Waals surface area contributed by atoms with E-state index in [1.807, 2.05) is 26.2 Å². The van der Waals surface area contributed by atoms with Crippen LogP contribution in [0.15, 0.2) is 24.3 Å². The van der Waals surface area contributed by atoms with Crippen LogP contribution >= 0.6 is 0 Å². The molecule has 7 nitrogen and oxygen atoms in total. The zero-order valence-electron chi connectivity index (χ0n) is 20.9. The van der Waals surface area contributed by atoms with Crippen LogP contribution in [0.4, 0.5) is 4.79 Å². The number of nitrogens with one attached hydrogen (secondary N) is 1. The zero-order valence-corrected chi connectivity index (χ0v) is 20.9. The van der Waals surface area contributed by atoms with E-state index in [2.05, 4.69) is 24.1 Å². The average Bonchev–Trinajstić information content (AvgIpc) is 2.73. The van der Waals surface area contributed by atoms with Crippen molar-refractivity contribution in [2.75, 3.05) is 33.8 Å². The first-order valence-corrected chi connectivity index (χ1v) is 12.2. The van der Waals surface area contributed by atoms with Crippen LogP contribution in [-0.2, 0) is 15.1 Å². The molecule has 0 heterocycles. The molecule has 2 rings (SSSR count). The fourth-order valence-electron chi connectivity index (χ4n) is 4.84. The van der Waals surface area contributed by atoms with E-state index in [-0.39, 0.29) is 24.2 Å². The van der Waals surface area contributed by atoms with Gasteiger partial charge in [0.25, 0.3) is 0 Å². The van der Waals surface area contributed by atoms with Crippen molar-refractivity contribution in [1.82, 2.24) is 10.2 Å². The Balaban J connectivity index is 2.06. The van der Waals surface area contributed by atoms with Crippen molar-refractivity contribution in [2.45, 2.75) is 64.9 Å². The highest BCUT2D eigenvalue weighted by Gasteiger charge is 2.40. The van der Waals surface area contributed by atoms with Crippen LogP contribution in [0, 0.1) is 17.8 Å². The first kappa shape index (κ1) is 27.1. The van der Waals surface area contributed by atoms with Gasteiger partial charge in [-0.2, -0.15) is 0 Å². The average molecular weight is 463 g/mol. The van der Waals surface area contributed by atoms with Crippen LogP contribution < -0.4 is 10.1 Å². The molecule has 0 spiro atoms. The van der Waals surface area contributed by atoms with Gasteiger partial charge in [0, 0.05) is 19.0 Å². The van der Waals surface area contributed by atoms with Crippen molar-refractivity contribution in [3.63, 3.8) is 0 Å². The van der Waals surface area contributed by atoms with Crippen LogP contribution in [0.1, 0.15) is 64.9 Å². The van der Waals surface area contributed by atoms with E-state index >= 15 is 0 Å². The van der Waals surface area contributed by atoms with Gasteiger partial charge in [0.1, 0.15) is 5.75 Å². The summed E-state index contributed by atoms with van der Waals surface area (Å²) >= 11 is 0. The molecule has 2 N–H and O–H groups in total. The third-order valence-corrected chi connectivity index (χ3v) is 6.26.